The molecule has 0 bridgehead atoms. The number of ketones is 1. The van der Waals surface area contributed by atoms with E-state index in [4.69, 9.17) is 14.2 Å². The molecule has 30 heavy (non-hydrogen) atoms. The van der Waals surface area contributed by atoms with E-state index < -0.39 is 7.80 Å². The van der Waals surface area contributed by atoms with Crippen molar-refractivity contribution in [3.63, 3.8) is 0 Å². The van der Waals surface area contributed by atoms with Gasteiger partial charge in [0.1, 0.15) is 22.8 Å². The second kappa shape index (κ2) is 11.7. The van der Waals surface area contributed by atoms with E-state index in [2.05, 4.69) is 13.8 Å². The third-order valence-corrected chi connectivity index (χ3v) is 7.10. The normalized spacial score (nSPS) is 12.2. The van der Waals surface area contributed by atoms with Gasteiger partial charge in [0.15, 0.2) is 6.16 Å². The van der Waals surface area contributed by atoms with Crippen molar-refractivity contribution in [2.75, 3.05) is 27.5 Å². The third-order valence-electron chi connectivity index (χ3n) is 5.33. The summed E-state index contributed by atoms with van der Waals surface area (Å²) >= 11 is 0. The van der Waals surface area contributed by atoms with Gasteiger partial charge in [0.25, 0.3) is 0 Å². The molecule has 5 nitrogen and oxygen atoms in total. The smallest absolute Gasteiger partial charge is 0.377 e. The molecule has 0 aliphatic carbocycles. The summed E-state index contributed by atoms with van der Waals surface area (Å²) in [6, 6.07) is 10.4. The zero-order valence-corrected chi connectivity index (χ0v) is 19.5. The maximum atomic E-state index is 13.5. The number of benzene rings is 2. The monoisotopic (exact) mass is 431 g/mol. The first-order chi connectivity index (χ1) is 14.5. The van der Waals surface area contributed by atoms with E-state index in [-0.39, 0.29) is 5.78 Å². The predicted octanol–water partition coefficient (Wildman–Crippen LogP) is 5.61. The van der Waals surface area contributed by atoms with Crippen LogP contribution in [0.2, 0.25) is 0 Å². The molecule has 2 rings (SSSR count). The van der Waals surface area contributed by atoms with Crippen LogP contribution in [0, 0.1) is 5.92 Å². The van der Waals surface area contributed by atoms with Crippen LogP contribution in [-0.4, -0.2) is 33.3 Å². The second-order valence-electron chi connectivity index (χ2n) is 7.23. The molecule has 162 valence electrons. The molecule has 6 heteroatoms. The van der Waals surface area contributed by atoms with Gasteiger partial charge in [0.2, 0.25) is 11.1 Å². The zero-order valence-electron chi connectivity index (χ0n) is 18.6. The van der Waals surface area contributed by atoms with Crippen molar-refractivity contribution in [1.82, 2.24) is 0 Å². The topological polar surface area (TPSA) is 61.8 Å². The Bertz CT molecular complexity index is 853. The molecule has 2 aromatic carbocycles. The molecule has 0 N–H and O–H groups in total. The van der Waals surface area contributed by atoms with Crippen LogP contribution in [0.5, 0.6) is 17.2 Å². The van der Waals surface area contributed by atoms with Gasteiger partial charge in [0, 0.05) is 18.1 Å². The fourth-order valence-corrected chi connectivity index (χ4v) is 5.30. The molecule has 2 unspecified atom stereocenters. The Balaban J connectivity index is 2.45. The maximum Gasteiger partial charge on any atom is 0.377 e. The molecule has 0 aliphatic heterocycles. The van der Waals surface area contributed by atoms with Gasteiger partial charge in [-0.1, -0.05) is 43.4 Å². The summed E-state index contributed by atoms with van der Waals surface area (Å²) in [7, 11) is 2.84. The molecule has 2 aromatic rings. The molecular weight excluding hydrogens is 399 g/mol. The number of unbranched alkanes of at least 4 members (excludes halogenated alkanes) is 1. The zero-order chi connectivity index (χ0) is 22.1. The van der Waals surface area contributed by atoms with Crippen LogP contribution in [0.4, 0.5) is 0 Å². The Labute approximate surface area is 180 Å². The molecule has 0 saturated carbocycles. The van der Waals surface area contributed by atoms with Crippen LogP contribution in [0.25, 0.3) is 0 Å². The SMILES string of the molecule is CCCCC(CC)C[P+](=O)c1ccccc1C(=O)c1c(OC)cc(OC)cc1OC. The van der Waals surface area contributed by atoms with Gasteiger partial charge in [-0.3, -0.25) is 4.79 Å². The Morgan fingerprint density at radius 1 is 1.00 bits per heavy atom. The average Bonchev–Trinajstić information content (AvgIpc) is 2.79. The highest BCUT2D eigenvalue weighted by atomic mass is 31.1. The largest absolute Gasteiger partial charge is 0.496 e. The van der Waals surface area contributed by atoms with Gasteiger partial charge < -0.3 is 14.2 Å². The Morgan fingerprint density at radius 3 is 2.17 bits per heavy atom. The van der Waals surface area contributed by atoms with Crippen LogP contribution in [0.1, 0.15) is 55.5 Å². The molecule has 0 saturated heterocycles. The van der Waals surface area contributed by atoms with Crippen molar-refractivity contribution in [1.29, 1.82) is 0 Å². The third kappa shape index (κ3) is 5.60. The highest BCUT2D eigenvalue weighted by Crippen LogP contribution is 2.37. The molecule has 0 amide bonds. The first-order valence-corrected chi connectivity index (χ1v) is 11.8. The van der Waals surface area contributed by atoms with Crippen LogP contribution < -0.4 is 19.5 Å². The van der Waals surface area contributed by atoms with Gasteiger partial charge >= 0.3 is 7.80 Å². The van der Waals surface area contributed by atoms with E-state index in [9.17, 15) is 9.36 Å². The summed E-state index contributed by atoms with van der Waals surface area (Å²) in [4.78, 5) is 13.5. The molecule has 0 aliphatic rings. The van der Waals surface area contributed by atoms with Crippen molar-refractivity contribution in [2.24, 2.45) is 5.92 Å². The Morgan fingerprint density at radius 2 is 1.63 bits per heavy atom. The second-order valence-corrected chi connectivity index (χ2v) is 8.83. The van der Waals surface area contributed by atoms with Crippen molar-refractivity contribution in [3.05, 3.63) is 47.5 Å². The first-order valence-electron chi connectivity index (χ1n) is 10.4. The minimum absolute atomic E-state index is 0.271. The van der Waals surface area contributed by atoms with Crippen molar-refractivity contribution in [2.45, 2.75) is 39.5 Å². The van der Waals surface area contributed by atoms with E-state index in [1.807, 2.05) is 6.07 Å². The minimum Gasteiger partial charge on any atom is -0.496 e. The summed E-state index contributed by atoms with van der Waals surface area (Å²) < 4.78 is 29.4. The van der Waals surface area contributed by atoms with Crippen molar-refractivity contribution >= 4 is 18.9 Å². The highest BCUT2D eigenvalue weighted by Gasteiger charge is 2.32. The first kappa shape index (κ1) is 23.9. The number of ether oxygens (including phenoxy) is 3. The molecule has 2 atom stereocenters. The van der Waals surface area contributed by atoms with Crippen molar-refractivity contribution in [3.8, 4) is 17.2 Å². The fourth-order valence-electron chi connectivity index (χ4n) is 3.50. The maximum absolute atomic E-state index is 13.5. The minimum atomic E-state index is -1.70. The van der Waals surface area contributed by atoms with Gasteiger partial charge in [0.05, 0.1) is 26.9 Å². The van der Waals surface area contributed by atoms with E-state index in [0.29, 0.717) is 45.8 Å². The number of rotatable bonds is 12. The predicted molar refractivity (Wildman–Crippen MR) is 121 cm³/mol. The van der Waals surface area contributed by atoms with Crippen molar-refractivity contribution < 1.29 is 23.6 Å². The Kier molecular flexibility index (Phi) is 9.32. The number of methoxy groups -OCH3 is 3. The van der Waals surface area contributed by atoms with Gasteiger partial charge in [-0.05, 0) is 25.0 Å². The quantitative estimate of drug-likeness (QED) is 0.323. The molecular formula is C24H32O5P+. The average molecular weight is 431 g/mol. The number of hydrogen-bond donors (Lipinski definition) is 0. The number of carbonyl (C=O) groups is 1. The van der Waals surface area contributed by atoms with Crippen LogP contribution >= 0.6 is 7.80 Å². The molecule has 0 heterocycles. The summed E-state index contributed by atoms with van der Waals surface area (Å²) in [5.74, 6) is 1.36. The standard InChI is InChI=1S/C24H32O5P/c1-6-8-11-17(7-2)16-30(26)22-13-10-9-12-19(22)24(25)23-20(28-4)14-18(27-3)15-21(23)29-5/h9-10,12-15,17H,6-8,11,16H2,1-5H3/q+1. The van der Waals surface area contributed by atoms with E-state index in [1.54, 1.807) is 37.4 Å². The van der Waals surface area contributed by atoms with Crippen LogP contribution in [-0.2, 0) is 4.57 Å². The fraction of sp³-hybridized carbons (Fsp3) is 0.458. The van der Waals surface area contributed by atoms with E-state index in [1.165, 1.54) is 14.2 Å². The lowest BCUT2D eigenvalue weighted by atomic mass is 10.0. The summed E-state index contributed by atoms with van der Waals surface area (Å²) in [5, 5.41) is 0.590. The summed E-state index contributed by atoms with van der Waals surface area (Å²) in [6.07, 6.45) is 4.89. The summed E-state index contributed by atoms with van der Waals surface area (Å²) in [6.45, 7) is 4.30. The van der Waals surface area contributed by atoms with Gasteiger partial charge in [-0.25, -0.2) is 0 Å². The number of carbonyl (C=O) groups excluding carboxylic acids is 1. The Hall–Kier alpha value is -2.39. The van der Waals surface area contributed by atoms with Crippen LogP contribution in [0.3, 0.4) is 0 Å². The van der Waals surface area contributed by atoms with Gasteiger partial charge in [-0.15, -0.1) is 0 Å². The molecule has 0 spiro atoms. The molecule has 0 fully saturated rings. The summed E-state index contributed by atoms with van der Waals surface area (Å²) in [5.41, 5.74) is 0.723. The lowest BCUT2D eigenvalue weighted by molar-refractivity contribution is 0.103. The van der Waals surface area contributed by atoms with E-state index >= 15 is 0 Å². The lowest BCUT2D eigenvalue weighted by Gasteiger charge is -2.14. The van der Waals surface area contributed by atoms with E-state index in [0.717, 1.165) is 25.7 Å². The highest BCUT2D eigenvalue weighted by molar-refractivity contribution is 7.53. The number of hydrogen-bond acceptors (Lipinski definition) is 5. The molecule has 0 aromatic heterocycles. The lowest BCUT2D eigenvalue weighted by Crippen LogP contribution is -2.17. The van der Waals surface area contributed by atoms with Gasteiger partial charge in [-0.2, -0.15) is 0 Å². The van der Waals surface area contributed by atoms with Crippen LogP contribution in [0.15, 0.2) is 36.4 Å². The molecule has 0 radical (unpaired) electrons.